The molecule has 0 spiro atoms. The highest BCUT2D eigenvalue weighted by Crippen LogP contribution is 2.26. The molecule has 0 aromatic carbocycles. The fourth-order valence-electron chi connectivity index (χ4n) is 1.70. The SMILES string of the molecule is CC(=O)C1=CCCC(C)=C1C(C)=O. The lowest BCUT2D eigenvalue weighted by atomic mass is 9.87. The molecule has 0 heterocycles. The van der Waals surface area contributed by atoms with E-state index in [1.807, 2.05) is 13.0 Å². The van der Waals surface area contributed by atoms with Crippen molar-refractivity contribution in [3.8, 4) is 0 Å². The first-order chi connectivity index (χ1) is 6.04. The number of Topliss-reactive ketones (excluding diaryl/α,β-unsaturated/α-hetero) is 2. The third kappa shape index (κ3) is 1.94. The molecule has 1 aliphatic carbocycles. The zero-order valence-electron chi connectivity index (χ0n) is 8.31. The highest BCUT2D eigenvalue weighted by molar-refractivity contribution is 6.11. The molecule has 13 heavy (non-hydrogen) atoms. The van der Waals surface area contributed by atoms with Crippen LogP contribution < -0.4 is 0 Å². The molecule has 1 rings (SSSR count). The van der Waals surface area contributed by atoms with Gasteiger partial charge in [-0.25, -0.2) is 0 Å². The van der Waals surface area contributed by atoms with Gasteiger partial charge in [-0.05, 0) is 33.6 Å². The van der Waals surface area contributed by atoms with Crippen LogP contribution in [0.2, 0.25) is 0 Å². The van der Waals surface area contributed by atoms with Crippen molar-refractivity contribution in [2.45, 2.75) is 33.6 Å². The van der Waals surface area contributed by atoms with Gasteiger partial charge in [-0.3, -0.25) is 9.59 Å². The molecule has 0 N–H and O–H groups in total. The van der Waals surface area contributed by atoms with Crippen LogP contribution in [0.15, 0.2) is 22.8 Å². The predicted octanol–water partition coefficient (Wildman–Crippen LogP) is 2.20. The minimum absolute atomic E-state index is 0.00125. The monoisotopic (exact) mass is 178 g/mol. The van der Waals surface area contributed by atoms with Crippen molar-refractivity contribution >= 4 is 11.6 Å². The standard InChI is InChI=1S/C11H14O2/c1-7-5-4-6-10(8(2)12)11(7)9(3)13/h6H,4-5H2,1-3H3. The summed E-state index contributed by atoms with van der Waals surface area (Å²) in [4.78, 5) is 22.5. The van der Waals surface area contributed by atoms with Gasteiger partial charge in [0.2, 0.25) is 0 Å². The molecule has 0 aliphatic heterocycles. The fourth-order valence-corrected chi connectivity index (χ4v) is 1.70. The lowest BCUT2D eigenvalue weighted by molar-refractivity contribution is -0.116. The number of hydrogen-bond acceptors (Lipinski definition) is 2. The molecular weight excluding hydrogens is 164 g/mol. The summed E-state index contributed by atoms with van der Waals surface area (Å²) in [5, 5.41) is 0. The van der Waals surface area contributed by atoms with E-state index in [2.05, 4.69) is 0 Å². The number of carbonyl (C=O) groups is 2. The summed E-state index contributed by atoms with van der Waals surface area (Å²) >= 11 is 0. The van der Waals surface area contributed by atoms with E-state index < -0.39 is 0 Å². The van der Waals surface area contributed by atoms with Gasteiger partial charge in [0, 0.05) is 11.1 Å². The van der Waals surface area contributed by atoms with Gasteiger partial charge in [-0.1, -0.05) is 11.6 Å². The van der Waals surface area contributed by atoms with Crippen LogP contribution in [0.5, 0.6) is 0 Å². The van der Waals surface area contributed by atoms with E-state index in [1.165, 1.54) is 13.8 Å². The summed E-state index contributed by atoms with van der Waals surface area (Å²) in [6.45, 7) is 4.95. The van der Waals surface area contributed by atoms with Crippen molar-refractivity contribution in [1.29, 1.82) is 0 Å². The van der Waals surface area contributed by atoms with Gasteiger partial charge in [0.1, 0.15) is 0 Å². The number of allylic oxidation sites excluding steroid dienone is 4. The molecule has 0 atom stereocenters. The van der Waals surface area contributed by atoms with E-state index in [0.717, 1.165) is 18.4 Å². The maximum absolute atomic E-state index is 11.3. The second-order valence-corrected chi connectivity index (χ2v) is 3.42. The number of rotatable bonds is 2. The Bertz CT molecular complexity index is 319. The zero-order chi connectivity index (χ0) is 10.0. The Morgan fingerprint density at radius 2 is 1.85 bits per heavy atom. The Kier molecular flexibility index (Phi) is 2.81. The first kappa shape index (κ1) is 9.90. The van der Waals surface area contributed by atoms with Gasteiger partial charge >= 0.3 is 0 Å². The van der Waals surface area contributed by atoms with E-state index >= 15 is 0 Å². The molecule has 70 valence electrons. The van der Waals surface area contributed by atoms with Gasteiger partial charge < -0.3 is 0 Å². The fraction of sp³-hybridized carbons (Fsp3) is 0.455. The van der Waals surface area contributed by atoms with E-state index in [0.29, 0.717) is 11.1 Å². The molecule has 1 aliphatic rings. The van der Waals surface area contributed by atoms with E-state index in [-0.39, 0.29) is 11.6 Å². The van der Waals surface area contributed by atoms with Gasteiger partial charge in [-0.15, -0.1) is 0 Å². The normalized spacial score (nSPS) is 17.0. The van der Waals surface area contributed by atoms with Crippen LogP contribution in [0.25, 0.3) is 0 Å². The second-order valence-electron chi connectivity index (χ2n) is 3.42. The van der Waals surface area contributed by atoms with Crippen LogP contribution >= 0.6 is 0 Å². The molecule has 0 aromatic heterocycles. The molecule has 0 unspecified atom stereocenters. The highest BCUT2D eigenvalue weighted by Gasteiger charge is 2.19. The third-order valence-corrected chi connectivity index (χ3v) is 2.30. The first-order valence-electron chi connectivity index (χ1n) is 4.46. The number of ketones is 2. The molecular formula is C11H14O2. The minimum atomic E-state index is -0.00995. The van der Waals surface area contributed by atoms with Crippen LogP contribution in [0, 0.1) is 0 Å². The average molecular weight is 178 g/mol. The molecule has 0 saturated heterocycles. The van der Waals surface area contributed by atoms with Crippen LogP contribution in [-0.4, -0.2) is 11.6 Å². The maximum atomic E-state index is 11.3. The summed E-state index contributed by atoms with van der Waals surface area (Å²) in [5.74, 6) is -0.0112. The van der Waals surface area contributed by atoms with Crippen molar-refractivity contribution in [3.63, 3.8) is 0 Å². The summed E-state index contributed by atoms with van der Waals surface area (Å²) in [5.41, 5.74) is 2.29. The topological polar surface area (TPSA) is 34.1 Å². The van der Waals surface area contributed by atoms with Crippen molar-refractivity contribution < 1.29 is 9.59 Å². The van der Waals surface area contributed by atoms with Crippen molar-refractivity contribution in [3.05, 3.63) is 22.8 Å². The van der Waals surface area contributed by atoms with Crippen molar-refractivity contribution in [1.82, 2.24) is 0 Å². The van der Waals surface area contributed by atoms with E-state index in [1.54, 1.807) is 0 Å². The molecule has 0 bridgehead atoms. The summed E-state index contributed by atoms with van der Waals surface area (Å²) in [7, 11) is 0. The summed E-state index contributed by atoms with van der Waals surface area (Å²) in [6, 6.07) is 0. The van der Waals surface area contributed by atoms with Crippen LogP contribution in [0.3, 0.4) is 0 Å². The smallest absolute Gasteiger partial charge is 0.160 e. The van der Waals surface area contributed by atoms with Crippen LogP contribution in [-0.2, 0) is 9.59 Å². The largest absolute Gasteiger partial charge is 0.294 e. The Labute approximate surface area is 78.3 Å². The van der Waals surface area contributed by atoms with Gasteiger partial charge in [0.05, 0.1) is 0 Å². The van der Waals surface area contributed by atoms with Gasteiger partial charge in [0.15, 0.2) is 11.6 Å². The highest BCUT2D eigenvalue weighted by atomic mass is 16.1. The molecule has 2 nitrogen and oxygen atoms in total. The molecule has 0 fully saturated rings. The summed E-state index contributed by atoms with van der Waals surface area (Å²) in [6.07, 6.45) is 3.63. The van der Waals surface area contributed by atoms with Crippen molar-refractivity contribution in [2.24, 2.45) is 0 Å². The van der Waals surface area contributed by atoms with E-state index in [9.17, 15) is 9.59 Å². The van der Waals surface area contributed by atoms with Crippen LogP contribution in [0.4, 0.5) is 0 Å². The second kappa shape index (κ2) is 3.69. The Balaban J connectivity index is 3.16. The van der Waals surface area contributed by atoms with Crippen LogP contribution in [0.1, 0.15) is 33.6 Å². The number of carbonyl (C=O) groups excluding carboxylic acids is 2. The maximum Gasteiger partial charge on any atom is 0.160 e. The van der Waals surface area contributed by atoms with Gasteiger partial charge in [0.25, 0.3) is 0 Å². The Morgan fingerprint density at radius 1 is 1.23 bits per heavy atom. The van der Waals surface area contributed by atoms with E-state index in [4.69, 9.17) is 0 Å². The summed E-state index contributed by atoms with van der Waals surface area (Å²) < 4.78 is 0. The molecule has 0 radical (unpaired) electrons. The lowest BCUT2D eigenvalue weighted by Crippen LogP contribution is -2.12. The quantitative estimate of drug-likeness (QED) is 0.649. The minimum Gasteiger partial charge on any atom is -0.294 e. The molecule has 0 amide bonds. The Morgan fingerprint density at radius 3 is 2.23 bits per heavy atom. The van der Waals surface area contributed by atoms with Crippen molar-refractivity contribution in [2.75, 3.05) is 0 Å². The lowest BCUT2D eigenvalue weighted by Gasteiger charge is -2.15. The Hall–Kier alpha value is -1.18. The van der Waals surface area contributed by atoms with Gasteiger partial charge in [-0.2, -0.15) is 0 Å². The molecule has 0 saturated carbocycles. The first-order valence-corrected chi connectivity index (χ1v) is 4.46. The third-order valence-electron chi connectivity index (χ3n) is 2.30. The molecule has 0 aromatic rings. The zero-order valence-corrected chi connectivity index (χ0v) is 8.31. The molecule has 2 heteroatoms. The predicted molar refractivity (Wildman–Crippen MR) is 51.4 cm³/mol. The number of hydrogen-bond donors (Lipinski definition) is 0. The average Bonchev–Trinajstić information content (AvgIpc) is 2.02.